The lowest BCUT2D eigenvalue weighted by molar-refractivity contribution is -0.151. The van der Waals surface area contributed by atoms with Crippen molar-refractivity contribution in [2.75, 3.05) is 0 Å². The topological polar surface area (TPSA) is 80.4 Å². The predicted octanol–water partition coefficient (Wildman–Crippen LogP) is 0.917. The number of aliphatic carboxylic acids is 1. The highest BCUT2D eigenvalue weighted by molar-refractivity contribution is 6.15. The third kappa shape index (κ3) is 1.92. The highest BCUT2D eigenvalue weighted by Crippen LogP contribution is 2.22. The number of benzene rings is 1. The lowest BCUT2D eigenvalue weighted by Gasteiger charge is -2.20. The second kappa shape index (κ2) is 4.36. The molecule has 86 valence electrons. The van der Waals surface area contributed by atoms with Crippen LogP contribution >= 0.6 is 0 Å². The van der Waals surface area contributed by atoms with E-state index in [1.54, 1.807) is 6.07 Å². The minimum Gasteiger partial charge on any atom is -0.478 e. The average molecular weight is 229 g/mol. The summed E-state index contributed by atoms with van der Waals surface area (Å²) in [5.41, 5.74) is 0.569. The molecule has 1 rings (SSSR count). The smallest absolute Gasteiger partial charge is 0.354 e. The Morgan fingerprint density at radius 1 is 1.31 bits per heavy atom. The Hall–Kier alpha value is -1.82. The van der Waals surface area contributed by atoms with Gasteiger partial charge in [-0.2, -0.15) is 0 Å². The van der Waals surface area contributed by atoms with Crippen molar-refractivity contribution in [1.29, 1.82) is 0 Å². The number of carboxylic acids is 1. The monoisotopic (exact) mass is 229 g/mol. The summed E-state index contributed by atoms with van der Waals surface area (Å²) in [5, 5.41) is 8.52. The van der Waals surface area contributed by atoms with Crippen LogP contribution in [0.25, 0.3) is 0 Å². The summed E-state index contributed by atoms with van der Waals surface area (Å²) >= 11 is 0. The standard InChI is InChI=1S/C10H9F2NO3/c11-8(13)10(12,9(15)16)7(14)6-4-2-1-3-5-6/h1-5,8H,13H2,(H,15,16). The summed E-state index contributed by atoms with van der Waals surface area (Å²) in [4.78, 5) is 22.0. The van der Waals surface area contributed by atoms with E-state index in [4.69, 9.17) is 5.11 Å². The van der Waals surface area contributed by atoms with Gasteiger partial charge in [-0.25, -0.2) is 13.6 Å². The molecule has 2 unspecified atom stereocenters. The molecule has 0 aromatic heterocycles. The Morgan fingerprint density at radius 2 is 1.81 bits per heavy atom. The van der Waals surface area contributed by atoms with Gasteiger partial charge in [-0.15, -0.1) is 0 Å². The second-order valence-corrected chi connectivity index (χ2v) is 3.11. The molecule has 0 saturated carbocycles. The molecule has 3 N–H and O–H groups in total. The number of halogens is 2. The molecule has 0 aliphatic heterocycles. The number of nitrogens with two attached hydrogens (primary N) is 1. The highest BCUT2D eigenvalue weighted by Gasteiger charge is 2.53. The lowest BCUT2D eigenvalue weighted by Crippen LogP contribution is -2.54. The molecule has 0 radical (unpaired) electrons. The largest absolute Gasteiger partial charge is 0.478 e. The van der Waals surface area contributed by atoms with Crippen LogP contribution in [-0.2, 0) is 4.79 Å². The predicted molar refractivity (Wildman–Crippen MR) is 51.3 cm³/mol. The van der Waals surface area contributed by atoms with E-state index in [0.717, 1.165) is 0 Å². The number of alkyl halides is 2. The quantitative estimate of drug-likeness (QED) is 0.457. The lowest BCUT2D eigenvalue weighted by atomic mass is 9.94. The fraction of sp³-hybridized carbons (Fsp3) is 0.200. The molecule has 0 spiro atoms. The Bertz CT molecular complexity index is 408. The first kappa shape index (κ1) is 12.3. The van der Waals surface area contributed by atoms with Gasteiger partial charge in [0.25, 0.3) is 0 Å². The first-order valence-corrected chi connectivity index (χ1v) is 4.32. The van der Waals surface area contributed by atoms with Gasteiger partial charge in [0, 0.05) is 5.56 Å². The molecule has 2 atom stereocenters. The van der Waals surface area contributed by atoms with E-state index in [9.17, 15) is 18.4 Å². The number of hydrogen-bond donors (Lipinski definition) is 2. The van der Waals surface area contributed by atoms with Gasteiger partial charge in [0.1, 0.15) is 0 Å². The van der Waals surface area contributed by atoms with Crippen molar-refractivity contribution in [1.82, 2.24) is 0 Å². The van der Waals surface area contributed by atoms with Gasteiger partial charge in [-0.3, -0.25) is 10.5 Å². The molecule has 0 fully saturated rings. The zero-order valence-corrected chi connectivity index (χ0v) is 8.06. The van der Waals surface area contributed by atoms with E-state index in [0.29, 0.717) is 0 Å². The average Bonchev–Trinajstić information content (AvgIpc) is 2.27. The van der Waals surface area contributed by atoms with Gasteiger partial charge in [0.2, 0.25) is 12.1 Å². The molecule has 1 aromatic carbocycles. The summed E-state index contributed by atoms with van der Waals surface area (Å²) in [6.45, 7) is 0. The Morgan fingerprint density at radius 3 is 2.19 bits per heavy atom. The molecule has 0 heterocycles. The first-order chi connectivity index (χ1) is 7.40. The van der Waals surface area contributed by atoms with Crippen LogP contribution in [-0.4, -0.2) is 28.8 Å². The van der Waals surface area contributed by atoms with Crippen molar-refractivity contribution in [2.24, 2.45) is 5.73 Å². The highest BCUT2D eigenvalue weighted by atomic mass is 19.2. The minimum absolute atomic E-state index is 0.250. The maximum Gasteiger partial charge on any atom is 0.354 e. The molecule has 16 heavy (non-hydrogen) atoms. The van der Waals surface area contributed by atoms with Crippen molar-refractivity contribution in [3.63, 3.8) is 0 Å². The number of hydrogen-bond acceptors (Lipinski definition) is 3. The maximum atomic E-state index is 13.7. The summed E-state index contributed by atoms with van der Waals surface area (Å²) < 4.78 is 26.4. The van der Waals surface area contributed by atoms with E-state index in [-0.39, 0.29) is 5.56 Å². The summed E-state index contributed by atoms with van der Waals surface area (Å²) in [5.74, 6) is -3.74. The Balaban J connectivity index is 3.17. The summed E-state index contributed by atoms with van der Waals surface area (Å²) in [6, 6.07) is 6.72. The molecular formula is C10H9F2NO3. The Kier molecular flexibility index (Phi) is 3.34. The molecule has 0 bridgehead atoms. The fourth-order valence-corrected chi connectivity index (χ4v) is 1.14. The molecule has 0 aliphatic rings. The van der Waals surface area contributed by atoms with E-state index < -0.39 is 23.7 Å². The van der Waals surface area contributed by atoms with E-state index >= 15 is 0 Å². The molecule has 0 saturated heterocycles. The van der Waals surface area contributed by atoms with E-state index in [1.807, 2.05) is 0 Å². The zero-order chi connectivity index (χ0) is 12.3. The van der Waals surface area contributed by atoms with Crippen LogP contribution in [0.2, 0.25) is 0 Å². The molecular weight excluding hydrogens is 220 g/mol. The normalized spacial score (nSPS) is 16.2. The van der Waals surface area contributed by atoms with Crippen LogP contribution in [0.5, 0.6) is 0 Å². The number of rotatable bonds is 4. The van der Waals surface area contributed by atoms with Crippen LogP contribution in [0.4, 0.5) is 8.78 Å². The van der Waals surface area contributed by atoms with Crippen LogP contribution < -0.4 is 5.73 Å². The van der Waals surface area contributed by atoms with Crippen molar-refractivity contribution in [3.8, 4) is 0 Å². The molecule has 1 aromatic rings. The summed E-state index contributed by atoms with van der Waals surface area (Å²) in [6.07, 6.45) is -2.92. The van der Waals surface area contributed by atoms with Crippen molar-refractivity contribution in [3.05, 3.63) is 35.9 Å². The van der Waals surface area contributed by atoms with Gasteiger partial charge in [-0.1, -0.05) is 30.3 Å². The second-order valence-electron chi connectivity index (χ2n) is 3.11. The minimum atomic E-state index is -3.75. The number of Topliss-reactive ketones (excluding diaryl/α,β-unsaturated/α-hetero) is 1. The van der Waals surface area contributed by atoms with Gasteiger partial charge < -0.3 is 5.11 Å². The maximum absolute atomic E-state index is 13.7. The van der Waals surface area contributed by atoms with Crippen LogP contribution in [0, 0.1) is 0 Å². The van der Waals surface area contributed by atoms with Crippen molar-refractivity contribution >= 4 is 11.8 Å². The van der Waals surface area contributed by atoms with E-state index in [2.05, 4.69) is 5.73 Å². The molecule has 0 amide bonds. The number of carboxylic acid groups (broad SMARTS) is 1. The SMILES string of the molecule is NC(F)C(F)(C(=O)O)C(=O)c1ccccc1. The van der Waals surface area contributed by atoms with E-state index in [1.165, 1.54) is 24.3 Å². The third-order valence-corrected chi connectivity index (χ3v) is 2.06. The zero-order valence-electron chi connectivity index (χ0n) is 8.06. The fourth-order valence-electron chi connectivity index (χ4n) is 1.14. The Labute approximate surface area is 89.7 Å². The third-order valence-electron chi connectivity index (χ3n) is 2.06. The molecule has 4 nitrogen and oxygen atoms in total. The van der Waals surface area contributed by atoms with Gasteiger partial charge in [0.15, 0.2) is 0 Å². The van der Waals surface area contributed by atoms with Gasteiger partial charge in [0.05, 0.1) is 0 Å². The van der Waals surface area contributed by atoms with Crippen LogP contribution in [0.3, 0.4) is 0 Å². The van der Waals surface area contributed by atoms with Crippen LogP contribution in [0.1, 0.15) is 10.4 Å². The molecule has 0 aliphatic carbocycles. The number of carbonyl (C=O) groups excluding carboxylic acids is 1. The number of ketones is 1. The van der Waals surface area contributed by atoms with Crippen molar-refractivity contribution in [2.45, 2.75) is 12.0 Å². The summed E-state index contributed by atoms with van der Waals surface area (Å²) in [7, 11) is 0. The van der Waals surface area contributed by atoms with Crippen LogP contribution in [0.15, 0.2) is 30.3 Å². The number of carbonyl (C=O) groups is 2. The van der Waals surface area contributed by atoms with Gasteiger partial charge >= 0.3 is 11.6 Å². The molecule has 6 heteroatoms. The van der Waals surface area contributed by atoms with Crippen molar-refractivity contribution < 1.29 is 23.5 Å². The first-order valence-electron chi connectivity index (χ1n) is 4.32. The van der Waals surface area contributed by atoms with Gasteiger partial charge in [-0.05, 0) is 0 Å².